The molecule has 0 aliphatic heterocycles. The van der Waals surface area contributed by atoms with Crippen LogP contribution in [0.5, 0.6) is 17.2 Å². The van der Waals surface area contributed by atoms with Gasteiger partial charge in [-0.25, -0.2) is 4.79 Å². The van der Waals surface area contributed by atoms with Gasteiger partial charge in [0.25, 0.3) is 5.91 Å². The molecule has 6 rings (SSSR count). The number of nitrogens with one attached hydrogen (secondary N) is 2. The Morgan fingerprint density at radius 2 is 1.77 bits per heavy atom. The normalized spacial score (nSPS) is 12.7. The molecule has 0 unspecified atom stereocenters. The van der Waals surface area contributed by atoms with Crippen molar-refractivity contribution in [1.29, 1.82) is 0 Å². The molecule has 0 saturated heterocycles. The molecule has 48 heavy (non-hydrogen) atoms. The fraction of sp³-hybridized carbons (Fsp3) is 0.324. The van der Waals surface area contributed by atoms with Crippen LogP contribution in [0.25, 0.3) is 22.0 Å². The number of carboxylic acids is 1. The molecule has 250 valence electrons. The first kappa shape index (κ1) is 33.0. The largest absolute Gasteiger partial charge is 0.497 e. The maximum absolute atomic E-state index is 13.6. The molecule has 0 spiro atoms. The average molecular weight is 671 g/mol. The van der Waals surface area contributed by atoms with E-state index in [1.54, 1.807) is 24.9 Å². The SMILES string of the molecule is COc1cccc(OCc2c(-c3cccc4c(CCCOc5cc(C)c(Cl)c(C)c5)c(C(=O)O)[nH]c34)c(C(=O)NCC3CC3)nn2C)c1. The summed E-state index contributed by atoms with van der Waals surface area (Å²) in [6.45, 7) is 4.96. The van der Waals surface area contributed by atoms with Crippen LogP contribution in [0.2, 0.25) is 5.02 Å². The highest BCUT2D eigenvalue weighted by atomic mass is 35.5. The second-order valence-electron chi connectivity index (χ2n) is 12.2. The van der Waals surface area contributed by atoms with Crippen LogP contribution < -0.4 is 19.5 Å². The number of H-pyrrole nitrogens is 1. The number of hydrogen-bond acceptors (Lipinski definition) is 6. The molecular formula is C37H39ClN4O6. The van der Waals surface area contributed by atoms with E-state index >= 15 is 0 Å². The zero-order valence-corrected chi connectivity index (χ0v) is 28.2. The van der Waals surface area contributed by atoms with Gasteiger partial charge in [-0.15, -0.1) is 0 Å². The molecule has 3 aromatic carbocycles. The van der Waals surface area contributed by atoms with E-state index in [2.05, 4.69) is 15.4 Å². The van der Waals surface area contributed by atoms with E-state index in [1.165, 1.54) is 0 Å². The number of aromatic amines is 1. The molecule has 1 fully saturated rings. The molecule has 1 aliphatic rings. The molecule has 0 atom stereocenters. The van der Waals surface area contributed by atoms with Crippen molar-refractivity contribution in [3.05, 3.63) is 93.4 Å². The zero-order chi connectivity index (χ0) is 33.9. The molecule has 10 nitrogen and oxygen atoms in total. The molecule has 2 aromatic heterocycles. The number of amides is 1. The second-order valence-corrected chi connectivity index (χ2v) is 12.6. The van der Waals surface area contributed by atoms with Gasteiger partial charge in [-0.05, 0) is 86.4 Å². The van der Waals surface area contributed by atoms with Gasteiger partial charge >= 0.3 is 5.97 Å². The number of carbonyl (C=O) groups excluding carboxylic acids is 1. The van der Waals surface area contributed by atoms with Gasteiger partial charge in [-0.2, -0.15) is 5.10 Å². The van der Waals surface area contributed by atoms with Crippen molar-refractivity contribution < 1.29 is 28.9 Å². The second kappa shape index (κ2) is 14.0. The van der Waals surface area contributed by atoms with Crippen molar-refractivity contribution in [3.63, 3.8) is 0 Å². The van der Waals surface area contributed by atoms with Crippen LogP contribution in [0.15, 0.2) is 54.6 Å². The third-order valence-corrected chi connectivity index (χ3v) is 9.32. The Hall–Kier alpha value is -4.96. The lowest BCUT2D eigenvalue weighted by Crippen LogP contribution is -2.26. The number of nitrogens with zero attached hydrogens (tertiary/aromatic N) is 2. The number of fused-ring (bicyclic) bond motifs is 1. The lowest BCUT2D eigenvalue weighted by Gasteiger charge is -2.12. The summed E-state index contributed by atoms with van der Waals surface area (Å²) in [6, 6.07) is 16.8. The Labute approximate surface area is 284 Å². The van der Waals surface area contributed by atoms with Crippen LogP contribution in [0.4, 0.5) is 0 Å². The van der Waals surface area contributed by atoms with Gasteiger partial charge in [-0.1, -0.05) is 35.9 Å². The number of aromatic carboxylic acids is 1. The first-order valence-electron chi connectivity index (χ1n) is 16.0. The fourth-order valence-electron chi connectivity index (χ4n) is 6.00. The minimum Gasteiger partial charge on any atom is -0.497 e. The van der Waals surface area contributed by atoms with E-state index in [-0.39, 0.29) is 23.9 Å². The lowest BCUT2D eigenvalue weighted by molar-refractivity contribution is 0.0690. The predicted molar refractivity (Wildman–Crippen MR) is 185 cm³/mol. The molecule has 11 heteroatoms. The van der Waals surface area contributed by atoms with Crippen molar-refractivity contribution in [2.24, 2.45) is 13.0 Å². The Bertz CT molecular complexity index is 1970. The number of para-hydroxylation sites is 1. The molecule has 1 amide bonds. The van der Waals surface area contributed by atoms with E-state index in [0.29, 0.717) is 71.3 Å². The van der Waals surface area contributed by atoms with Gasteiger partial charge in [0.05, 0.1) is 24.9 Å². The van der Waals surface area contributed by atoms with Gasteiger partial charge in [0.1, 0.15) is 29.5 Å². The predicted octanol–water partition coefficient (Wildman–Crippen LogP) is 7.28. The van der Waals surface area contributed by atoms with Gasteiger partial charge in [0.15, 0.2) is 5.69 Å². The van der Waals surface area contributed by atoms with E-state index in [1.807, 2.05) is 62.4 Å². The van der Waals surface area contributed by atoms with E-state index < -0.39 is 5.97 Å². The molecule has 0 radical (unpaired) electrons. The Morgan fingerprint density at radius 1 is 1.04 bits per heavy atom. The van der Waals surface area contributed by atoms with Crippen molar-refractivity contribution in [2.75, 3.05) is 20.3 Å². The summed E-state index contributed by atoms with van der Waals surface area (Å²) < 4.78 is 19.2. The van der Waals surface area contributed by atoms with Crippen molar-refractivity contribution in [2.45, 2.75) is 46.1 Å². The number of methoxy groups -OCH3 is 1. The first-order chi connectivity index (χ1) is 23.1. The van der Waals surface area contributed by atoms with Gasteiger partial charge in [-0.3, -0.25) is 9.48 Å². The molecule has 3 N–H and O–H groups in total. The highest BCUT2D eigenvalue weighted by Crippen LogP contribution is 2.37. The maximum atomic E-state index is 13.6. The number of carbonyl (C=O) groups is 2. The van der Waals surface area contributed by atoms with Crippen molar-refractivity contribution in [1.82, 2.24) is 20.1 Å². The molecule has 1 aliphatic carbocycles. The quantitative estimate of drug-likeness (QED) is 0.106. The number of carboxylic acid groups (broad SMARTS) is 1. The van der Waals surface area contributed by atoms with E-state index in [9.17, 15) is 14.7 Å². The number of rotatable bonds is 14. The average Bonchev–Trinajstić information content (AvgIpc) is 3.75. The lowest BCUT2D eigenvalue weighted by atomic mass is 9.97. The molecule has 2 heterocycles. The van der Waals surface area contributed by atoms with Gasteiger partial charge in [0, 0.05) is 41.2 Å². The minimum atomic E-state index is -1.06. The summed E-state index contributed by atoms with van der Waals surface area (Å²) in [5, 5.41) is 19.4. The number of hydrogen-bond donors (Lipinski definition) is 3. The van der Waals surface area contributed by atoms with E-state index in [0.717, 1.165) is 40.1 Å². The summed E-state index contributed by atoms with van der Waals surface area (Å²) in [4.78, 5) is 29.3. The molecule has 0 bridgehead atoms. The van der Waals surface area contributed by atoms with E-state index in [4.69, 9.17) is 25.8 Å². The highest BCUT2D eigenvalue weighted by Gasteiger charge is 2.29. The number of aromatic nitrogens is 3. The van der Waals surface area contributed by atoms with Gasteiger partial charge in [0.2, 0.25) is 0 Å². The van der Waals surface area contributed by atoms with Crippen LogP contribution in [-0.2, 0) is 20.1 Å². The smallest absolute Gasteiger partial charge is 0.352 e. The number of aryl methyl sites for hydroxylation is 4. The summed E-state index contributed by atoms with van der Waals surface area (Å²) in [5.74, 6) is 1.12. The standard InChI is InChI=1S/C37H39ClN4O6/c1-21-16-26(17-22(2)32(21)38)47-15-7-12-28-27-10-6-11-29(33(27)40-34(28)37(44)45)31-30(20-48-25-9-5-8-24(18-25)46-4)42(3)41-35(31)36(43)39-19-23-13-14-23/h5-6,8-11,16-18,23,40H,7,12-15,19-20H2,1-4H3,(H,39,43)(H,44,45). The molecule has 5 aromatic rings. The molecular weight excluding hydrogens is 632 g/mol. The zero-order valence-electron chi connectivity index (χ0n) is 27.5. The van der Waals surface area contributed by atoms with Gasteiger partial charge < -0.3 is 29.6 Å². The molecule has 1 saturated carbocycles. The monoisotopic (exact) mass is 670 g/mol. The Morgan fingerprint density at radius 3 is 2.48 bits per heavy atom. The van der Waals surface area contributed by atoms with Crippen LogP contribution in [0.3, 0.4) is 0 Å². The number of ether oxygens (including phenoxy) is 3. The minimum absolute atomic E-state index is 0.105. The third-order valence-electron chi connectivity index (χ3n) is 8.72. The number of halogens is 1. The maximum Gasteiger partial charge on any atom is 0.352 e. The summed E-state index contributed by atoms with van der Waals surface area (Å²) in [7, 11) is 3.37. The van der Waals surface area contributed by atoms with Crippen LogP contribution >= 0.6 is 11.6 Å². The summed E-state index contributed by atoms with van der Waals surface area (Å²) in [5.41, 5.74) is 5.43. The number of benzene rings is 3. The van der Waals surface area contributed by atoms with Crippen LogP contribution in [-0.4, -0.2) is 52.0 Å². The Kier molecular flexibility index (Phi) is 9.63. The fourth-order valence-corrected chi connectivity index (χ4v) is 6.11. The summed E-state index contributed by atoms with van der Waals surface area (Å²) >= 11 is 6.31. The van der Waals surface area contributed by atoms with Crippen molar-refractivity contribution in [3.8, 4) is 28.4 Å². The third kappa shape index (κ3) is 6.99. The Balaban J connectivity index is 1.34. The highest BCUT2D eigenvalue weighted by molar-refractivity contribution is 6.32. The summed E-state index contributed by atoms with van der Waals surface area (Å²) in [6.07, 6.45) is 3.24. The topological polar surface area (TPSA) is 128 Å². The van der Waals surface area contributed by atoms with Crippen LogP contribution in [0, 0.1) is 19.8 Å². The van der Waals surface area contributed by atoms with Crippen molar-refractivity contribution >= 4 is 34.4 Å². The first-order valence-corrected chi connectivity index (χ1v) is 16.4. The van der Waals surface area contributed by atoms with Crippen LogP contribution in [0.1, 0.15) is 62.6 Å².